The van der Waals surface area contributed by atoms with Crippen molar-refractivity contribution >= 4 is 11.8 Å². The van der Waals surface area contributed by atoms with Crippen molar-refractivity contribution in [1.82, 2.24) is 9.80 Å². The third-order valence-electron chi connectivity index (χ3n) is 3.33. The van der Waals surface area contributed by atoms with Crippen molar-refractivity contribution < 1.29 is 14.3 Å². The van der Waals surface area contributed by atoms with E-state index >= 15 is 0 Å². The Labute approximate surface area is 95.3 Å². The van der Waals surface area contributed by atoms with Gasteiger partial charge in [0.2, 0.25) is 11.8 Å². The third-order valence-corrected chi connectivity index (χ3v) is 3.33. The van der Waals surface area contributed by atoms with Crippen LogP contribution in [0.3, 0.4) is 0 Å². The van der Waals surface area contributed by atoms with Gasteiger partial charge >= 0.3 is 0 Å². The van der Waals surface area contributed by atoms with Gasteiger partial charge in [0.15, 0.2) is 0 Å². The fourth-order valence-corrected chi connectivity index (χ4v) is 2.44. The van der Waals surface area contributed by atoms with Gasteiger partial charge in [0, 0.05) is 33.2 Å². The molecule has 0 aromatic heterocycles. The van der Waals surface area contributed by atoms with Crippen LogP contribution in [0.15, 0.2) is 0 Å². The molecule has 0 radical (unpaired) electrons. The molecule has 5 heteroatoms. The van der Waals surface area contributed by atoms with Crippen molar-refractivity contribution in [2.75, 3.05) is 33.4 Å². The SMILES string of the molecule is COCCN1CCC(=O)N2CCCC2C1=O. The minimum Gasteiger partial charge on any atom is -0.383 e. The van der Waals surface area contributed by atoms with E-state index in [9.17, 15) is 9.59 Å². The maximum absolute atomic E-state index is 12.2. The standard InChI is InChI=1S/C11H18N2O3/c1-16-8-7-12-6-4-10(14)13-5-2-3-9(13)11(12)15/h9H,2-8H2,1H3. The summed E-state index contributed by atoms with van der Waals surface area (Å²) in [7, 11) is 1.62. The van der Waals surface area contributed by atoms with E-state index < -0.39 is 0 Å². The Bertz CT molecular complexity index is 293. The molecule has 0 saturated carbocycles. The zero-order chi connectivity index (χ0) is 11.5. The number of nitrogens with zero attached hydrogens (tertiary/aromatic N) is 2. The second-order valence-corrected chi connectivity index (χ2v) is 4.31. The van der Waals surface area contributed by atoms with Gasteiger partial charge < -0.3 is 14.5 Å². The number of hydrogen-bond acceptors (Lipinski definition) is 3. The maximum atomic E-state index is 12.2. The minimum atomic E-state index is -0.202. The van der Waals surface area contributed by atoms with Gasteiger partial charge in [0.25, 0.3) is 0 Å². The Kier molecular flexibility index (Phi) is 3.43. The second-order valence-electron chi connectivity index (χ2n) is 4.31. The predicted molar refractivity (Wildman–Crippen MR) is 57.8 cm³/mol. The van der Waals surface area contributed by atoms with E-state index in [0.29, 0.717) is 26.1 Å². The van der Waals surface area contributed by atoms with E-state index in [0.717, 1.165) is 19.4 Å². The third kappa shape index (κ3) is 2.04. The molecule has 1 unspecified atom stereocenters. The fourth-order valence-electron chi connectivity index (χ4n) is 2.44. The van der Waals surface area contributed by atoms with Crippen LogP contribution in [0.4, 0.5) is 0 Å². The molecule has 16 heavy (non-hydrogen) atoms. The number of amides is 2. The van der Waals surface area contributed by atoms with Crippen molar-refractivity contribution in [3.63, 3.8) is 0 Å². The van der Waals surface area contributed by atoms with Crippen LogP contribution in [-0.2, 0) is 14.3 Å². The molecule has 2 amide bonds. The highest BCUT2D eigenvalue weighted by Gasteiger charge is 2.38. The fraction of sp³-hybridized carbons (Fsp3) is 0.818. The maximum Gasteiger partial charge on any atom is 0.245 e. The van der Waals surface area contributed by atoms with Crippen LogP contribution in [0.2, 0.25) is 0 Å². The number of fused-ring (bicyclic) bond motifs is 1. The first-order valence-electron chi connectivity index (χ1n) is 5.81. The Morgan fingerprint density at radius 2 is 2.19 bits per heavy atom. The molecule has 0 bridgehead atoms. The van der Waals surface area contributed by atoms with Crippen LogP contribution in [0.1, 0.15) is 19.3 Å². The van der Waals surface area contributed by atoms with E-state index in [1.807, 2.05) is 0 Å². The molecule has 2 aliphatic rings. The lowest BCUT2D eigenvalue weighted by molar-refractivity contribution is -0.139. The van der Waals surface area contributed by atoms with Crippen LogP contribution >= 0.6 is 0 Å². The molecule has 0 aromatic rings. The number of hydrogen-bond donors (Lipinski definition) is 0. The first-order chi connectivity index (χ1) is 7.74. The lowest BCUT2D eigenvalue weighted by Gasteiger charge is -2.24. The first kappa shape index (κ1) is 11.4. The monoisotopic (exact) mass is 226 g/mol. The summed E-state index contributed by atoms with van der Waals surface area (Å²) in [4.78, 5) is 27.4. The Hall–Kier alpha value is -1.10. The van der Waals surface area contributed by atoms with Crippen LogP contribution in [-0.4, -0.2) is 61.0 Å². The average Bonchev–Trinajstić information content (AvgIpc) is 2.73. The van der Waals surface area contributed by atoms with E-state index in [-0.39, 0.29) is 17.9 Å². The predicted octanol–water partition coefficient (Wildman–Crippen LogP) is -0.144. The number of carbonyl (C=O) groups is 2. The molecule has 5 nitrogen and oxygen atoms in total. The molecule has 2 aliphatic heterocycles. The van der Waals surface area contributed by atoms with Gasteiger partial charge in [0.05, 0.1) is 6.61 Å². The topological polar surface area (TPSA) is 49.9 Å². The van der Waals surface area contributed by atoms with E-state index in [1.165, 1.54) is 0 Å². The van der Waals surface area contributed by atoms with Gasteiger partial charge in [-0.1, -0.05) is 0 Å². The Morgan fingerprint density at radius 1 is 1.38 bits per heavy atom. The molecule has 90 valence electrons. The average molecular weight is 226 g/mol. The van der Waals surface area contributed by atoms with E-state index in [2.05, 4.69) is 0 Å². The lowest BCUT2D eigenvalue weighted by Crippen LogP contribution is -2.44. The molecule has 2 rings (SSSR count). The number of methoxy groups -OCH3 is 1. The highest BCUT2D eigenvalue weighted by Crippen LogP contribution is 2.23. The zero-order valence-electron chi connectivity index (χ0n) is 9.65. The van der Waals surface area contributed by atoms with Gasteiger partial charge in [-0.05, 0) is 12.8 Å². The van der Waals surface area contributed by atoms with E-state index in [4.69, 9.17) is 4.74 Å². The normalized spacial score (nSPS) is 25.9. The van der Waals surface area contributed by atoms with Crippen molar-refractivity contribution in [2.45, 2.75) is 25.3 Å². The highest BCUT2D eigenvalue weighted by atomic mass is 16.5. The van der Waals surface area contributed by atoms with Gasteiger partial charge in [-0.2, -0.15) is 0 Å². The molecule has 0 spiro atoms. The molecule has 0 N–H and O–H groups in total. The highest BCUT2D eigenvalue weighted by molar-refractivity contribution is 5.90. The van der Waals surface area contributed by atoms with Crippen LogP contribution in [0, 0.1) is 0 Å². The van der Waals surface area contributed by atoms with Gasteiger partial charge in [0.1, 0.15) is 6.04 Å². The molecule has 2 fully saturated rings. The molecular formula is C11H18N2O3. The first-order valence-corrected chi connectivity index (χ1v) is 5.81. The molecule has 2 heterocycles. The lowest BCUT2D eigenvalue weighted by atomic mass is 10.2. The van der Waals surface area contributed by atoms with Crippen molar-refractivity contribution in [3.05, 3.63) is 0 Å². The Morgan fingerprint density at radius 3 is 2.94 bits per heavy atom. The minimum absolute atomic E-state index is 0.0976. The molecular weight excluding hydrogens is 208 g/mol. The second kappa shape index (κ2) is 4.82. The van der Waals surface area contributed by atoms with Crippen LogP contribution in [0.25, 0.3) is 0 Å². The zero-order valence-corrected chi connectivity index (χ0v) is 9.65. The summed E-state index contributed by atoms with van der Waals surface area (Å²) < 4.78 is 4.98. The summed E-state index contributed by atoms with van der Waals surface area (Å²) in [6, 6.07) is -0.202. The van der Waals surface area contributed by atoms with Crippen LogP contribution in [0.5, 0.6) is 0 Å². The van der Waals surface area contributed by atoms with Gasteiger partial charge in [-0.15, -0.1) is 0 Å². The largest absolute Gasteiger partial charge is 0.383 e. The van der Waals surface area contributed by atoms with Gasteiger partial charge in [-0.25, -0.2) is 0 Å². The van der Waals surface area contributed by atoms with Gasteiger partial charge in [-0.3, -0.25) is 9.59 Å². The Balaban J connectivity index is 2.07. The summed E-state index contributed by atoms with van der Waals surface area (Å²) in [5.41, 5.74) is 0. The summed E-state index contributed by atoms with van der Waals surface area (Å²) in [5, 5.41) is 0. The molecule has 2 saturated heterocycles. The smallest absolute Gasteiger partial charge is 0.245 e. The van der Waals surface area contributed by atoms with E-state index in [1.54, 1.807) is 16.9 Å². The molecule has 0 aromatic carbocycles. The number of rotatable bonds is 3. The summed E-state index contributed by atoms with van der Waals surface area (Å²) in [6.45, 7) is 2.40. The van der Waals surface area contributed by atoms with Crippen molar-refractivity contribution in [1.29, 1.82) is 0 Å². The quantitative estimate of drug-likeness (QED) is 0.673. The number of carbonyl (C=O) groups excluding carboxylic acids is 2. The van der Waals surface area contributed by atoms with Crippen molar-refractivity contribution in [3.8, 4) is 0 Å². The summed E-state index contributed by atoms with van der Waals surface area (Å²) >= 11 is 0. The van der Waals surface area contributed by atoms with Crippen molar-refractivity contribution in [2.24, 2.45) is 0 Å². The molecule has 0 aliphatic carbocycles. The number of ether oxygens (including phenoxy) is 1. The molecule has 1 atom stereocenters. The summed E-state index contributed by atoms with van der Waals surface area (Å²) in [6.07, 6.45) is 2.21. The van der Waals surface area contributed by atoms with Crippen LogP contribution < -0.4 is 0 Å². The summed E-state index contributed by atoms with van der Waals surface area (Å²) in [5.74, 6) is 0.219.